The van der Waals surface area contributed by atoms with E-state index in [0.717, 1.165) is 32.1 Å². The molecule has 1 aromatic rings. The second-order valence-electron chi connectivity index (χ2n) is 16.6. The van der Waals surface area contributed by atoms with Gasteiger partial charge in [-0.25, -0.2) is 4.79 Å². The Labute approximate surface area is 260 Å². The van der Waals surface area contributed by atoms with Crippen LogP contribution in [0, 0.1) is 56.7 Å². The van der Waals surface area contributed by atoms with Crippen molar-refractivity contribution in [1.82, 2.24) is 0 Å². The molecule has 2 N–H and O–H groups in total. The van der Waals surface area contributed by atoms with Crippen LogP contribution in [0.5, 0.6) is 0 Å². The summed E-state index contributed by atoms with van der Waals surface area (Å²) in [5.74, 6) is 2.67. The van der Waals surface area contributed by atoms with E-state index in [0.29, 0.717) is 40.9 Å². The van der Waals surface area contributed by atoms with E-state index in [1.165, 1.54) is 49.5 Å². The van der Waals surface area contributed by atoms with E-state index in [4.69, 9.17) is 10.5 Å². The summed E-state index contributed by atoms with van der Waals surface area (Å²) in [6.07, 6.45) is 12.9. The number of methoxy groups -OCH3 is 1. The lowest BCUT2D eigenvalue weighted by molar-refractivity contribution is -0.224. The summed E-state index contributed by atoms with van der Waals surface area (Å²) < 4.78 is 4.94. The largest absolute Gasteiger partial charge is 0.465 e. The molecule has 0 amide bonds. The van der Waals surface area contributed by atoms with Gasteiger partial charge in [-0.15, -0.1) is 0 Å². The highest BCUT2D eigenvalue weighted by Crippen LogP contribution is 2.77. The molecular weight excluding hydrogens is 530 g/mol. The van der Waals surface area contributed by atoms with Crippen molar-refractivity contribution in [3.8, 4) is 0 Å². The number of Topliss-reactive ketones (excluding diaryl/α,β-unsaturated/α-hetero) is 1. The fourth-order valence-electron chi connectivity index (χ4n) is 12.8. The molecule has 43 heavy (non-hydrogen) atoms. The van der Waals surface area contributed by atoms with Crippen LogP contribution in [0.25, 0.3) is 5.57 Å². The lowest BCUT2D eigenvalue weighted by Gasteiger charge is -2.72. The molecule has 0 spiro atoms. The van der Waals surface area contributed by atoms with E-state index >= 15 is 0 Å². The molecule has 234 valence electrons. The van der Waals surface area contributed by atoms with Crippen LogP contribution in [0.15, 0.2) is 42.5 Å². The zero-order chi connectivity index (χ0) is 31.2. The molecular formula is C39H55NO3. The van der Waals surface area contributed by atoms with Gasteiger partial charge in [0.15, 0.2) is 5.78 Å². The predicted octanol–water partition coefficient (Wildman–Crippen LogP) is 8.65. The van der Waals surface area contributed by atoms with Crippen LogP contribution in [0.1, 0.15) is 115 Å². The number of benzene rings is 1. The topological polar surface area (TPSA) is 69.4 Å². The maximum atomic E-state index is 13.6. The molecule has 1 aromatic carbocycles. The molecule has 0 bridgehead atoms. The number of hydrogen-bond donors (Lipinski definition) is 1. The third-order valence-electron chi connectivity index (χ3n) is 15.0. The van der Waals surface area contributed by atoms with Crippen LogP contribution in [-0.2, 0) is 9.53 Å². The molecule has 9 atom stereocenters. The Balaban J connectivity index is 1.36. The minimum atomic E-state index is -0.286. The minimum Gasteiger partial charge on any atom is -0.465 e. The lowest BCUT2D eigenvalue weighted by Crippen LogP contribution is -2.66. The average Bonchev–Trinajstić information content (AvgIpc) is 3.38. The molecule has 6 rings (SSSR count). The molecule has 4 saturated carbocycles. The van der Waals surface area contributed by atoms with Gasteiger partial charge in [-0.1, -0.05) is 65.0 Å². The van der Waals surface area contributed by atoms with Gasteiger partial charge in [0.2, 0.25) is 0 Å². The van der Waals surface area contributed by atoms with Crippen LogP contribution < -0.4 is 5.73 Å². The number of hydrogen-bond acceptors (Lipinski definition) is 4. The number of fused-ring (bicyclic) bond motifs is 7. The van der Waals surface area contributed by atoms with Gasteiger partial charge in [-0.2, -0.15) is 0 Å². The van der Waals surface area contributed by atoms with Gasteiger partial charge in [0.1, 0.15) is 0 Å². The number of rotatable bonds is 5. The Morgan fingerprint density at radius 1 is 0.907 bits per heavy atom. The van der Waals surface area contributed by atoms with Gasteiger partial charge in [0.05, 0.1) is 19.2 Å². The van der Waals surface area contributed by atoms with Crippen LogP contribution >= 0.6 is 0 Å². The first-order valence-electron chi connectivity index (χ1n) is 17.0. The molecule has 0 heterocycles. The van der Waals surface area contributed by atoms with Crippen molar-refractivity contribution in [1.29, 1.82) is 0 Å². The summed E-state index contributed by atoms with van der Waals surface area (Å²) in [5, 5.41) is 0. The first-order valence-corrected chi connectivity index (χ1v) is 17.0. The average molecular weight is 586 g/mol. The Bertz CT molecular complexity index is 1360. The third-order valence-corrected chi connectivity index (χ3v) is 15.0. The maximum Gasteiger partial charge on any atom is 0.337 e. The smallest absolute Gasteiger partial charge is 0.337 e. The summed E-state index contributed by atoms with van der Waals surface area (Å²) in [4.78, 5) is 25.7. The van der Waals surface area contributed by atoms with Crippen molar-refractivity contribution >= 4 is 17.3 Å². The maximum absolute atomic E-state index is 13.6. The highest BCUT2D eigenvalue weighted by Gasteiger charge is 2.71. The third kappa shape index (κ3) is 4.03. The van der Waals surface area contributed by atoms with Gasteiger partial charge in [-0.05, 0) is 139 Å². The molecule has 4 nitrogen and oxygen atoms in total. The van der Waals surface area contributed by atoms with Gasteiger partial charge in [0, 0.05) is 5.41 Å². The van der Waals surface area contributed by atoms with Crippen molar-refractivity contribution < 1.29 is 14.3 Å². The molecule has 0 aromatic heterocycles. The predicted molar refractivity (Wildman–Crippen MR) is 174 cm³/mol. The Morgan fingerprint density at radius 2 is 1.60 bits per heavy atom. The van der Waals surface area contributed by atoms with Gasteiger partial charge in [-0.3, -0.25) is 4.79 Å². The summed E-state index contributed by atoms with van der Waals surface area (Å²) >= 11 is 0. The quantitative estimate of drug-likeness (QED) is 0.277. The fourth-order valence-corrected chi connectivity index (χ4v) is 12.8. The number of ketones is 1. The number of carbonyl (C=O) groups is 2. The van der Waals surface area contributed by atoms with Crippen LogP contribution in [0.4, 0.5) is 0 Å². The number of esters is 1. The van der Waals surface area contributed by atoms with E-state index in [1.54, 1.807) is 0 Å². The minimum absolute atomic E-state index is 0.0324. The second-order valence-corrected chi connectivity index (χ2v) is 16.6. The number of nitrogens with two attached hydrogens (primary N) is 1. The molecule has 5 aliphatic carbocycles. The first kappa shape index (κ1) is 30.8. The summed E-state index contributed by atoms with van der Waals surface area (Å²) in [6.45, 7) is 19.7. The van der Waals surface area contributed by atoms with E-state index < -0.39 is 0 Å². The van der Waals surface area contributed by atoms with E-state index in [-0.39, 0.29) is 39.6 Å². The molecule has 0 aliphatic heterocycles. The summed E-state index contributed by atoms with van der Waals surface area (Å²) in [7, 11) is 1.44. The van der Waals surface area contributed by atoms with Crippen molar-refractivity contribution in [2.45, 2.75) is 99.3 Å². The molecule has 0 saturated heterocycles. The number of ether oxygens (including phenoxy) is 1. The Morgan fingerprint density at radius 3 is 2.23 bits per heavy atom. The molecule has 5 aliphatic rings. The molecule has 0 radical (unpaired) electrons. The van der Waals surface area contributed by atoms with E-state index in [9.17, 15) is 9.59 Å². The van der Waals surface area contributed by atoms with Gasteiger partial charge < -0.3 is 10.5 Å². The van der Waals surface area contributed by atoms with Gasteiger partial charge in [0.25, 0.3) is 0 Å². The molecule has 4 fully saturated rings. The number of carbonyl (C=O) groups excluding carboxylic acids is 2. The lowest BCUT2D eigenvalue weighted by atomic mass is 9.32. The van der Waals surface area contributed by atoms with Crippen LogP contribution in [0.2, 0.25) is 0 Å². The highest BCUT2D eigenvalue weighted by atomic mass is 16.5. The number of allylic oxidation sites excluding steroid dienone is 3. The monoisotopic (exact) mass is 585 g/mol. The van der Waals surface area contributed by atoms with Crippen molar-refractivity contribution in [3.63, 3.8) is 0 Å². The Kier molecular flexibility index (Phi) is 7.28. The zero-order valence-corrected chi connectivity index (χ0v) is 27.9. The summed E-state index contributed by atoms with van der Waals surface area (Å²) in [6, 6.07) is 8.04. The van der Waals surface area contributed by atoms with Gasteiger partial charge >= 0.3 is 5.97 Å². The second kappa shape index (κ2) is 10.2. The normalized spacial score (nSPS) is 42.9. The van der Waals surface area contributed by atoms with Crippen LogP contribution in [-0.4, -0.2) is 25.4 Å². The summed E-state index contributed by atoms with van der Waals surface area (Å²) in [5.41, 5.74) is 11.1. The highest BCUT2D eigenvalue weighted by molar-refractivity contribution is 5.90. The SMILES string of the molecule is C=C(C)[C@@H]1CC[C@]2(C(=O)CN)CC[C@]3(C)[C@H](CC[C@@H]4[C@@]5(C)CC=C(c6ccc(C(=O)OC)cc6)C(C)(C)[C@@H]5CC[C@]43C)[C@@H]12. The Hall–Kier alpha value is -2.20. The zero-order valence-electron chi connectivity index (χ0n) is 27.9. The van der Waals surface area contributed by atoms with Crippen molar-refractivity contribution in [2.75, 3.05) is 13.7 Å². The standard InChI is InChI=1S/C39H55NO3/c1-24(2)27-15-20-39(32(41)23-40)22-21-37(6)29(33(27)39)13-14-31-36(5)18-16-28(25-9-11-26(12-10-25)34(42)43-8)35(3,4)30(36)17-19-38(31,37)7/h9-12,16,27,29-31,33H,1,13-15,17-23,40H2,2-8H3/t27-,29+,30-,31+,33+,36-,37+,38+,39+/m0/s1. The van der Waals surface area contributed by atoms with Crippen LogP contribution in [0.3, 0.4) is 0 Å². The molecule has 0 unspecified atom stereocenters. The van der Waals surface area contributed by atoms with E-state index in [1.807, 2.05) is 12.1 Å². The fraction of sp³-hybridized carbons (Fsp3) is 0.692. The van der Waals surface area contributed by atoms with E-state index in [2.05, 4.69) is 66.3 Å². The first-order chi connectivity index (χ1) is 20.2. The van der Waals surface area contributed by atoms with Crippen molar-refractivity contribution in [3.05, 3.63) is 53.6 Å². The molecule has 4 heteroatoms. The van der Waals surface area contributed by atoms with Crippen molar-refractivity contribution in [2.24, 2.45) is 62.4 Å².